The molecule has 0 radical (unpaired) electrons. The van der Waals surface area contributed by atoms with Crippen molar-refractivity contribution in [3.63, 3.8) is 0 Å². The SMILES string of the molecule is O=C(Nc1cc2cc[nH]c(=O)c2cc1Cl)C1CCOCC1. The molecule has 1 aliphatic heterocycles. The Morgan fingerprint density at radius 1 is 1.33 bits per heavy atom. The highest BCUT2D eigenvalue weighted by Gasteiger charge is 2.22. The lowest BCUT2D eigenvalue weighted by atomic mass is 9.99. The Bertz CT molecular complexity index is 735. The molecule has 1 aliphatic rings. The first kappa shape index (κ1) is 14.1. The zero-order valence-corrected chi connectivity index (χ0v) is 12.1. The van der Waals surface area contributed by atoms with Crippen molar-refractivity contribution in [1.29, 1.82) is 0 Å². The van der Waals surface area contributed by atoms with E-state index >= 15 is 0 Å². The summed E-state index contributed by atoms with van der Waals surface area (Å²) in [6, 6.07) is 5.08. The number of fused-ring (bicyclic) bond motifs is 1. The minimum absolute atomic E-state index is 0.0512. The van der Waals surface area contributed by atoms with Crippen LogP contribution in [0.15, 0.2) is 29.2 Å². The van der Waals surface area contributed by atoms with Crippen molar-refractivity contribution < 1.29 is 9.53 Å². The second-order valence-electron chi connectivity index (χ2n) is 5.10. The van der Waals surface area contributed by atoms with Crippen LogP contribution in [0.4, 0.5) is 5.69 Å². The average Bonchev–Trinajstić information content (AvgIpc) is 2.50. The van der Waals surface area contributed by atoms with E-state index in [1.807, 2.05) is 0 Å². The Morgan fingerprint density at radius 2 is 2.10 bits per heavy atom. The van der Waals surface area contributed by atoms with Gasteiger partial charge in [0.2, 0.25) is 5.91 Å². The number of amides is 1. The number of aromatic amines is 1. The first-order valence-electron chi connectivity index (χ1n) is 6.85. The second kappa shape index (κ2) is 5.87. The van der Waals surface area contributed by atoms with Crippen LogP contribution in [0.25, 0.3) is 10.8 Å². The van der Waals surface area contributed by atoms with Gasteiger partial charge in [0, 0.05) is 30.7 Å². The number of anilines is 1. The predicted molar refractivity (Wildman–Crippen MR) is 81.8 cm³/mol. The van der Waals surface area contributed by atoms with E-state index in [1.54, 1.807) is 24.4 Å². The van der Waals surface area contributed by atoms with Crippen molar-refractivity contribution in [3.05, 3.63) is 39.8 Å². The molecule has 21 heavy (non-hydrogen) atoms. The highest BCUT2D eigenvalue weighted by atomic mass is 35.5. The summed E-state index contributed by atoms with van der Waals surface area (Å²) in [5.41, 5.74) is 0.336. The Labute approximate surface area is 126 Å². The lowest BCUT2D eigenvalue weighted by Gasteiger charge is -2.21. The number of H-pyrrole nitrogens is 1. The van der Waals surface area contributed by atoms with Gasteiger partial charge in [-0.1, -0.05) is 11.6 Å². The first-order valence-corrected chi connectivity index (χ1v) is 7.22. The molecule has 1 aromatic carbocycles. The number of hydrogen-bond donors (Lipinski definition) is 2. The number of carbonyl (C=O) groups excluding carboxylic acids is 1. The normalized spacial score (nSPS) is 16.0. The molecule has 1 fully saturated rings. The number of halogens is 1. The van der Waals surface area contributed by atoms with Crippen molar-refractivity contribution in [2.24, 2.45) is 5.92 Å². The van der Waals surface area contributed by atoms with Crippen LogP contribution in [0, 0.1) is 5.92 Å². The van der Waals surface area contributed by atoms with Gasteiger partial charge in [0.25, 0.3) is 5.56 Å². The maximum absolute atomic E-state index is 12.2. The van der Waals surface area contributed by atoms with Crippen molar-refractivity contribution in [2.45, 2.75) is 12.8 Å². The number of aromatic nitrogens is 1. The summed E-state index contributed by atoms with van der Waals surface area (Å²) >= 11 is 6.17. The van der Waals surface area contributed by atoms with Crippen molar-refractivity contribution >= 4 is 34.0 Å². The van der Waals surface area contributed by atoms with Crippen LogP contribution in [0.1, 0.15) is 12.8 Å². The van der Waals surface area contributed by atoms with Crippen molar-refractivity contribution in [3.8, 4) is 0 Å². The third-order valence-corrected chi connectivity index (χ3v) is 4.02. The van der Waals surface area contributed by atoms with Gasteiger partial charge in [-0.15, -0.1) is 0 Å². The van der Waals surface area contributed by atoms with Gasteiger partial charge in [-0.2, -0.15) is 0 Å². The van der Waals surface area contributed by atoms with Gasteiger partial charge < -0.3 is 15.0 Å². The molecule has 0 aliphatic carbocycles. The lowest BCUT2D eigenvalue weighted by molar-refractivity contribution is -0.122. The van der Waals surface area contributed by atoms with Gasteiger partial charge >= 0.3 is 0 Å². The number of pyridine rings is 1. The molecule has 1 amide bonds. The van der Waals surface area contributed by atoms with Crippen LogP contribution in [-0.4, -0.2) is 24.1 Å². The molecule has 0 atom stereocenters. The topological polar surface area (TPSA) is 71.2 Å². The van der Waals surface area contributed by atoms with Gasteiger partial charge in [-0.05, 0) is 36.4 Å². The maximum atomic E-state index is 12.2. The summed E-state index contributed by atoms with van der Waals surface area (Å²) in [6.07, 6.45) is 3.01. The molecule has 5 nitrogen and oxygen atoms in total. The van der Waals surface area contributed by atoms with Crippen molar-refractivity contribution in [2.75, 3.05) is 18.5 Å². The number of nitrogens with one attached hydrogen (secondary N) is 2. The van der Waals surface area contributed by atoms with E-state index < -0.39 is 0 Å². The third kappa shape index (κ3) is 2.94. The van der Waals surface area contributed by atoms with Crippen LogP contribution in [-0.2, 0) is 9.53 Å². The van der Waals surface area contributed by atoms with E-state index in [4.69, 9.17) is 16.3 Å². The summed E-state index contributed by atoms with van der Waals surface area (Å²) in [6.45, 7) is 1.22. The summed E-state index contributed by atoms with van der Waals surface area (Å²) in [4.78, 5) is 26.5. The fourth-order valence-corrected chi connectivity index (χ4v) is 2.71. The quantitative estimate of drug-likeness (QED) is 0.895. The minimum Gasteiger partial charge on any atom is -0.381 e. The fourth-order valence-electron chi connectivity index (χ4n) is 2.50. The molecule has 6 heteroatoms. The Morgan fingerprint density at radius 3 is 2.86 bits per heavy atom. The molecule has 0 saturated carbocycles. The van der Waals surface area contributed by atoms with E-state index in [0.717, 1.165) is 18.2 Å². The lowest BCUT2D eigenvalue weighted by Crippen LogP contribution is -2.28. The third-order valence-electron chi connectivity index (χ3n) is 3.71. The highest BCUT2D eigenvalue weighted by Crippen LogP contribution is 2.27. The molecule has 2 N–H and O–H groups in total. The largest absolute Gasteiger partial charge is 0.381 e. The predicted octanol–water partition coefficient (Wildman–Crippen LogP) is 2.55. The molecule has 110 valence electrons. The van der Waals surface area contributed by atoms with Gasteiger partial charge in [-0.25, -0.2) is 0 Å². The molecule has 2 aromatic rings. The summed E-state index contributed by atoms with van der Waals surface area (Å²) in [7, 11) is 0. The van der Waals surface area contributed by atoms with Gasteiger partial charge in [0.15, 0.2) is 0 Å². The highest BCUT2D eigenvalue weighted by molar-refractivity contribution is 6.34. The first-order chi connectivity index (χ1) is 10.1. The van der Waals surface area contributed by atoms with Gasteiger partial charge in [-0.3, -0.25) is 9.59 Å². The molecule has 1 aromatic heterocycles. The van der Waals surface area contributed by atoms with E-state index in [0.29, 0.717) is 29.3 Å². The van der Waals surface area contributed by atoms with E-state index in [2.05, 4.69) is 10.3 Å². The summed E-state index contributed by atoms with van der Waals surface area (Å²) < 4.78 is 5.25. The minimum atomic E-state index is -0.197. The van der Waals surface area contributed by atoms with Crippen LogP contribution >= 0.6 is 11.6 Å². The van der Waals surface area contributed by atoms with E-state index in [-0.39, 0.29) is 17.4 Å². The molecular weight excluding hydrogens is 292 g/mol. The van der Waals surface area contributed by atoms with E-state index in [9.17, 15) is 9.59 Å². The molecule has 3 rings (SSSR count). The van der Waals surface area contributed by atoms with E-state index in [1.165, 1.54) is 0 Å². The number of hydrogen-bond acceptors (Lipinski definition) is 3. The molecule has 0 bridgehead atoms. The van der Waals surface area contributed by atoms with Gasteiger partial charge in [0.05, 0.1) is 10.7 Å². The van der Waals surface area contributed by atoms with Crippen LogP contribution in [0.5, 0.6) is 0 Å². The molecule has 1 saturated heterocycles. The maximum Gasteiger partial charge on any atom is 0.255 e. The fraction of sp³-hybridized carbons (Fsp3) is 0.333. The van der Waals surface area contributed by atoms with Gasteiger partial charge in [0.1, 0.15) is 0 Å². The van der Waals surface area contributed by atoms with Crippen LogP contribution in [0.3, 0.4) is 0 Å². The van der Waals surface area contributed by atoms with Crippen LogP contribution < -0.4 is 10.9 Å². The van der Waals surface area contributed by atoms with Crippen molar-refractivity contribution in [1.82, 2.24) is 4.98 Å². The Balaban J connectivity index is 1.88. The summed E-state index contributed by atoms with van der Waals surface area (Å²) in [5, 5.41) is 4.46. The zero-order chi connectivity index (χ0) is 14.8. The molecule has 0 spiro atoms. The molecule has 2 heterocycles. The number of benzene rings is 1. The standard InChI is InChI=1S/C15H15ClN2O3/c16-12-8-11-10(1-4-17-15(11)20)7-13(12)18-14(19)9-2-5-21-6-3-9/h1,4,7-9H,2-3,5-6H2,(H,17,20)(H,18,19). The second-order valence-corrected chi connectivity index (χ2v) is 5.51. The van der Waals surface area contributed by atoms with Crippen LogP contribution in [0.2, 0.25) is 5.02 Å². The number of carbonyl (C=O) groups is 1. The average molecular weight is 307 g/mol. The Hall–Kier alpha value is -1.85. The summed E-state index contributed by atoms with van der Waals surface area (Å²) in [5.74, 6) is -0.103. The number of rotatable bonds is 2. The zero-order valence-electron chi connectivity index (χ0n) is 11.3. The molecular formula is C15H15ClN2O3. The molecule has 0 unspecified atom stereocenters. The monoisotopic (exact) mass is 306 g/mol. The Kier molecular flexibility index (Phi) is 3.94. The smallest absolute Gasteiger partial charge is 0.255 e. The number of ether oxygens (including phenoxy) is 1.